The summed E-state index contributed by atoms with van der Waals surface area (Å²) in [5.41, 5.74) is 15.0. The summed E-state index contributed by atoms with van der Waals surface area (Å²) in [5, 5.41) is 42.3. The van der Waals surface area contributed by atoms with Crippen LogP contribution < -0.4 is 16.8 Å². The molecule has 6 N–H and O–H groups in total. The molecule has 12 aromatic rings. The van der Waals surface area contributed by atoms with Crippen LogP contribution in [0.5, 0.6) is 0 Å². The van der Waals surface area contributed by atoms with Crippen LogP contribution in [0, 0.1) is 70.7 Å². The van der Waals surface area contributed by atoms with Gasteiger partial charge in [-0.25, -0.2) is 66.2 Å². The first-order valence-corrected chi connectivity index (χ1v) is 25.9. The van der Waals surface area contributed by atoms with Gasteiger partial charge in [0.15, 0.2) is 11.6 Å². The molecule has 0 aromatic carbocycles. The number of rotatable bonds is 11. The predicted octanol–water partition coefficient (Wildman–Crippen LogP) is 7.79. The number of carbonyl (C=O) groups excluding carboxylic acids is 1. The van der Waals surface area contributed by atoms with E-state index in [1.807, 2.05) is 0 Å². The van der Waals surface area contributed by atoms with Crippen molar-refractivity contribution in [3.8, 4) is 23.0 Å². The molecule has 456 valence electrons. The van der Waals surface area contributed by atoms with Crippen LogP contribution >= 0.6 is 11.6 Å². The average Bonchev–Trinajstić information content (AvgIpc) is 1.69. The Morgan fingerprint density at radius 3 is 1.47 bits per heavy atom. The number of nitro groups is 3. The number of nitrogens with zero attached hydrogens (tertiary/aromatic N) is 18. The normalized spacial score (nSPS) is 12.6. The number of nitrogens with one attached hydrogen (secondary N) is 2. The summed E-state index contributed by atoms with van der Waals surface area (Å²) in [6.07, 6.45) is 14.8. The SMILES string of the molecule is N=C(N)c1cnc2ccc(F)cn12.NCc1ccc(F)cn1.O=C1CC(c2cnc3ccc(F)cn23)=NCC1[N+](=O)[O-].O=[N+]([O-])c1cnc(-c2cnc3ccc(F)cn23)nc1Cl.O=[N+]([O-])c1cnc(-c2cnc3ccc(F)cn23)nc1NCc1ccc(F)cn1. The van der Waals surface area contributed by atoms with Crippen molar-refractivity contribution in [3.05, 3.63) is 240 Å². The lowest BCUT2D eigenvalue weighted by molar-refractivity contribution is -0.504. The van der Waals surface area contributed by atoms with Crippen molar-refractivity contribution in [3.63, 3.8) is 0 Å². The molecule has 0 aliphatic carbocycles. The van der Waals surface area contributed by atoms with Gasteiger partial charge in [0.25, 0.3) is 6.04 Å². The van der Waals surface area contributed by atoms with Crippen LogP contribution in [0.1, 0.15) is 29.2 Å². The van der Waals surface area contributed by atoms with E-state index in [4.69, 9.17) is 28.5 Å². The second-order valence-corrected chi connectivity index (χ2v) is 18.7. The molecule has 0 fully saturated rings. The number of hydrogen-bond donors (Lipinski definition) is 4. The third kappa shape index (κ3) is 14.7. The van der Waals surface area contributed by atoms with E-state index in [0.29, 0.717) is 69.0 Å². The number of imidazole rings is 4. The van der Waals surface area contributed by atoms with Gasteiger partial charge >= 0.3 is 11.4 Å². The zero-order valence-corrected chi connectivity index (χ0v) is 46.2. The molecule has 0 radical (unpaired) electrons. The number of pyridine rings is 6. The van der Waals surface area contributed by atoms with Gasteiger partial charge in [-0.05, 0) is 72.8 Å². The van der Waals surface area contributed by atoms with E-state index in [2.05, 4.69) is 60.1 Å². The number of aliphatic imine (C=N–C) groups is 1. The van der Waals surface area contributed by atoms with E-state index in [9.17, 15) is 61.5 Å². The highest BCUT2D eigenvalue weighted by Crippen LogP contribution is 2.28. The maximum Gasteiger partial charge on any atom is 0.329 e. The molecule has 1 aliphatic heterocycles. The van der Waals surface area contributed by atoms with E-state index < -0.39 is 55.6 Å². The highest BCUT2D eigenvalue weighted by Gasteiger charge is 2.35. The van der Waals surface area contributed by atoms with Crippen molar-refractivity contribution in [2.75, 3.05) is 11.9 Å². The Hall–Kier alpha value is -12.1. The molecule has 13 rings (SSSR count). The van der Waals surface area contributed by atoms with Gasteiger partial charge in [-0.2, -0.15) is 0 Å². The Morgan fingerprint density at radius 2 is 1.01 bits per heavy atom. The molecular weight excluding hydrogens is 1220 g/mol. The molecule has 0 saturated heterocycles. The minimum Gasteiger partial charge on any atom is -0.382 e. The number of halogens is 7. The van der Waals surface area contributed by atoms with Crippen molar-refractivity contribution in [1.29, 1.82) is 5.41 Å². The molecule has 36 heteroatoms. The first-order chi connectivity index (χ1) is 43.1. The fourth-order valence-corrected chi connectivity index (χ4v) is 8.33. The van der Waals surface area contributed by atoms with Crippen LogP contribution in [-0.2, 0) is 17.9 Å². The minimum atomic E-state index is -1.28. The van der Waals surface area contributed by atoms with Gasteiger partial charge in [-0.15, -0.1) is 0 Å². The summed E-state index contributed by atoms with van der Waals surface area (Å²) in [5.74, 6) is -2.99. The molecule has 1 atom stereocenters. The van der Waals surface area contributed by atoms with Crippen LogP contribution in [0.25, 0.3) is 45.6 Å². The Morgan fingerprint density at radius 1 is 0.567 bits per heavy atom. The van der Waals surface area contributed by atoms with Crippen LogP contribution in [-0.4, -0.2) is 112 Å². The number of amidine groups is 1. The van der Waals surface area contributed by atoms with Crippen molar-refractivity contribution >= 4 is 68.7 Å². The monoisotopic (exact) mass is 1260 g/mol. The Labute approximate surface area is 503 Å². The topological polar surface area (TPSA) is 393 Å². The van der Waals surface area contributed by atoms with Gasteiger partial charge in [-0.1, -0.05) is 11.6 Å². The fraction of sp³-hybridized carbons (Fsp3) is 0.0926. The van der Waals surface area contributed by atoms with Gasteiger partial charge < -0.3 is 16.8 Å². The minimum absolute atomic E-state index is 0.0486. The summed E-state index contributed by atoms with van der Waals surface area (Å²) in [7, 11) is 0. The smallest absolute Gasteiger partial charge is 0.329 e. The summed E-state index contributed by atoms with van der Waals surface area (Å²) < 4.78 is 83.8. The van der Waals surface area contributed by atoms with Gasteiger partial charge in [0.2, 0.25) is 16.8 Å². The number of aromatic nitrogens is 14. The zero-order chi connectivity index (χ0) is 64.3. The molecule has 0 saturated carbocycles. The molecule has 1 aliphatic rings. The van der Waals surface area contributed by atoms with Crippen LogP contribution in [0.15, 0.2) is 152 Å². The zero-order valence-electron chi connectivity index (χ0n) is 45.5. The average molecular weight is 1260 g/mol. The second kappa shape index (κ2) is 27.5. The van der Waals surface area contributed by atoms with E-state index in [1.165, 1.54) is 134 Å². The third-order valence-electron chi connectivity index (χ3n) is 12.4. The summed E-state index contributed by atoms with van der Waals surface area (Å²) in [6.45, 7) is 0.253. The Kier molecular flexibility index (Phi) is 19.1. The van der Waals surface area contributed by atoms with Gasteiger partial charge in [0, 0.05) is 36.3 Å². The van der Waals surface area contributed by atoms with Gasteiger partial charge in [0.1, 0.15) is 99.3 Å². The maximum atomic E-state index is 13.6. The number of nitrogen functional groups attached to an aromatic ring is 1. The molecule has 29 nitrogen and oxygen atoms in total. The van der Waals surface area contributed by atoms with Crippen molar-refractivity contribution in [1.82, 2.24) is 67.4 Å². The highest BCUT2D eigenvalue weighted by atomic mass is 35.5. The van der Waals surface area contributed by atoms with Crippen LogP contribution in [0.2, 0.25) is 5.15 Å². The van der Waals surface area contributed by atoms with Crippen LogP contribution in [0.4, 0.5) is 43.5 Å². The molecule has 90 heavy (non-hydrogen) atoms. The van der Waals surface area contributed by atoms with E-state index in [0.717, 1.165) is 24.8 Å². The van der Waals surface area contributed by atoms with Crippen molar-refractivity contribution in [2.24, 2.45) is 16.5 Å². The maximum absolute atomic E-state index is 13.6. The van der Waals surface area contributed by atoms with Gasteiger partial charge in [-0.3, -0.25) is 73.1 Å². The number of carbonyl (C=O) groups is 1. The summed E-state index contributed by atoms with van der Waals surface area (Å²) in [6, 6.07) is 15.5. The summed E-state index contributed by atoms with van der Waals surface area (Å²) >= 11 is 5.73. The first kappa shape index (κ1) is 62.4. The lowest BCUT2D eigenvalue weighted by atomic mass is 10.0. The Balaban J connectivity index is 0.000000139. The highest BCUT2D eigenvalue weighted by molar-refractivity contribution is 6.31. The van der Waals surface area contributed by atoms with E-state index >= 15 is 0 Å². The number of Topliss-reactive ketones (excluding diaryl/α,β-unsaturated/α-hetero) is 1. The molecule has 0 amide bonds. The lowest BCUT2D eigenvalue weighted by Gasteiger charge is -2.14. The standard InChI is InChI=1S/C17H11F2N7O2.C12H9FN4O3.C11H5ClFN5O2.C8H7FN4.C6H7FN2/c18-10-1-3-12(20-5-10)6-22-17-14(26(27)28)8-23-16(24-17)13-7-21-15-4-2-11(19)9-25(13)15;13-7-1-2-12-15-4-9(16(12)6-7)8-3-11(18)10(5-14-8)17(19)20;12-10-7(18(19)20)3-15-11(16-10)8-4-14-9-2-1-6(13)5-17(8)9;9-5-1-2-7-12-3-6(8(10)11)13(7)4-5;7-5-1-2-6(3-8)9-4-5/h1-5,7-9H,6H2,(H,22,23,24);1-2,4,6,10H,3,5H2;1-5H;1-4H,(H3,10,11);1-2,4H,3,8H2. The quantitative estimate of drug-likeness (QED) is 0.0239. The molecule has 13 heterocycles. The second-order valence-electron chi connectivity index (χ2n) is 18.3. The Bertz CT molecular complexity index is 4720. The largest absolute Gasteiger partial charge is 0.382 e. The molecule has 12 aromatic heterocycles. The van der Waals surface area contributed by atoms with E-state index in [-0.39, 0.29) is 65.3 Å². The molecule has 0 spiro atoms. The molecule has 1 unspecified atom stereocenters. The van der Waals surface area contributed by atoms with E-state index in [1.54, 1.807) is 6.07 Å². The number of nitrogens with two attached hydrogens (primary N) is 2. The fourth-order valence-electron chi connectivity index (χ4n) is 8.13. The number of ketones is 1. The number of hydrogen-bond acceptors (Lipinski definition) is 21. The third-order valence-corrected chi connectivity index (χ3v) is 12.7. The number of fused-ring (bicyclic) bond motifs is 4. The molecule has 0 bridgehead atoms. The predicted molar refractivity (Wildman–Crippen MR) is 307 cm³/mol. The first-order valence-electron chi connectivity index (χ1n) is 25.5. The summed E-state index contributed by atoms with van der Waals surface area (Å²) in [4.78, 5) is 86.2. The van der Waals surface area contributed by atoms with Gasteiger partial charge in [0.05, 0.1) is 82.8 Å². The van der Waals surface area contributed by atoms with Crippen molar-refractivity contribution < 1.29 is 45.9 Å². The van der Waals surface area contributed by atoms with Crippen LogP contribution in [0.3, 0.4) is 0 Å². The van der Waals surface area contributed by atoms with Crippen molar-refractivity contribution in [2.45, 2.75) is 25.6 Å². The molecular formula is C54H39ClF6N22O7. The number of anilines is 1. The lowest BCUT2D eigenvalue weighted by Crippen LogP contribution is -2.38.